The summed E-state index contributed by atoms with van der Waals surface area (Å²) in [7, 11) is 1.62. The average Bonchev–Trinajstić information content (AvgIpc) is 3.42. The van der Waals surface area contributed by atoms with Crippen LogP contribution in [0.2, 0.25) is 0 Å². The summed E-state index contributed by atoms with van der Waals surface area (Å²) in [5, 5.41) is 6.99. The Morgan fingerprint density at radius 1 is 0.822 bits per heavy atom. The lowest BCUT2D eigenvalue weighted by Crippen LogP contribution is -2.37. The van der Waals surface area contributed by atoms with E-state index in [0.717, 1.165) is 30.9 Å². The van der Waals surface area contributed by atoms with E-state index in [4.69, 9.17) is 4.74 Å². The first-order valence-electron chi connectivity index (χ1n) is 15.3. The van der Waals surface area contributed by atoms with Crippen molar-refractivity contribution >= 4 is 34.2 Å². The third kappa shape index (κ3) is 7.17. The molecule has 1 aliphatic heterocycles. The number of aryl methyl sites for hydroxylation is 1. The third-order valence-corrected chi connectivity index (χ3v) is 8.06. The van der Waals surface area contributed by atoms with Crippen molar-refractivity contribution in [2.24, 2.45) is 0 Å². The molecule has 45 heavy (non-hydrogen) atoms. The summed E-state index contributed by atoms with van der Waals surface area (Å²) in [6.07, 6.45) is 6.11. The summed E-state index contributed by atoms with van der Waals surface area (Å²) in [5.74, 6) is 1.12. The summed E-state index contributed by atoms with van der Waals surface area (Å²) in [6, 6.07) is 28.5. The molecule has 0 saturated carbocycles. The molecular formula is C36H38N6O3. The van der Waals surface area contributed by atoms with E-state index in [-0.39, 0.29) is 11.9 Å². The average molecular weight is 603 g/mol. The molecule has 1 fully saturated rings. The number of carbonyl (C=O) groups excluding carboxylic acids is 2. The number of carbonyl (C=O) groups is 2. The van der Waals surface area contributed by atoms with Crippen LogP contribution in [-0.4, -0.2) is 41.5 Å². The monoisotopic (exact) mass is 602 g/mol. The second-order valence-electron chi connectivity index (χ2n) is 11.3. The first-order valence-corrected chi connectivity index (χ1v) is 15.3. The fourth-order valence-corrected chi connectivity index (χ4v) is 5.78. The standard InChI is InChI=1S/C36H38N6O3/c1-25-22-29(14-19-34(25)45-31-17-12-28(13-18-31)39-36(44)40-37-2)38-35(43)26-10-15-30(16-11-26)42-24-27(23-41-20-6-3-7-21-41)32-8-4-5-9-33(32)42/h4-5,8-19,22,24,37H,3,6-7,20-21,23H2,1-2H3,(H,38,43)(H2,39,40,44). The summed E-state index contributed by atoms with van der Waals surface area (Å²) in [4.78, 5) is 27.4. The van der Waals surface area contributed by atoms with Crippen LogP contribution >= 0.6 is 0 Å². The van der Waals surface area contributed by atoms with Gasteiger partial charge in [-0.2, -0.15) is 0 Å². The number of likely N-dealkylation sites (tertiary alicyclic amines) is 1. The number of amides is 3. The molecule has 0 spiro atoms. The van der Waals surface area contributed by atoms with Crippen molar-refractivity contribution < 1.29 is 14.3 Å². The van der Waals surface area contributed by atoms with Crippen LogP contribution in [0.3, 0.4) is 0 Å². The van der Waals surface area contributed by atoms with E-state index in [1.807, 2.05) is 49.4 Å². The lowest BCUT2D eigenvalue weighted by Gasteiger charge is -2.26. The molecule has 0 aliphatic carbocycles. The van der Waals surface area contributed by atoms with E-state index in [1.54, 1.807) is 31.3 Å². The fraction of sp³-hybridized carbons (Fsp3) is 0.222. The van der Waals surface area contributed by atoms with Gasteiger partial charge in [-0.05, 0) is 117 Å². The maximum atomic E-state index is 13.1. The number of benzene rings is 4. The molecule has 9 heteroatoms. The summed E-state index contributed by atoms with van der Waals surface area (Å²) in [5.41, 5.74) is 11.3. The molecule has 1 aromatic heterocycles. The fourth-order valence-electron chi connectivity index (χ4n) is 5.78. The Morgan fingerprint density at radius 2 is 1.56 bits per heavy atom. The van der Waals surface area contributed by atoms with Crippen LogP contribution in [-0.2, 0) is 6.54 Å². The van der Waals surface area contributed by atoms with Crippen molar-refractivity contribution in [2.45, 2.75) is 32.7 Å². The van der Waals surface area contributed by atoms with Crippen LogP contribution in [0.25, 0.3) is 16.6 Å². The van der Waals surface area contributed by atoms with Gasteiger partial charge in [-0.15, -0.1) is 0 Å². The zero-order valence-corrected chi connectivity index (χ0v) is 25.6. The number of piperidine rings is 1. The zero-order chi connectivity index (χ0) is 31.2. The second kappa shape index (κ2) is 13.7. The molecule has 0 radical (unpaired) electrons. The number of rotatable bonds is 9. The maximum absolute atomic E-state index is 13.1. The van der Waals surface area contributed by atoms with E-state index in [2.05, 4.69) is 61.4 Å². The highest BCUT2D eigenvalue weighted by Crippen LogP contribution is 2.30. The minimum atomic E-state index is -0.359. The number of urea groups is 1. The van der Waals surface area contributed by atoms with Gasteiger partial charge >= 0.3 is 6.03 Å². The number of anilines is 2. The van der Waals surface area contributed by atoms with Gasteiger partial charge in [0.15, 0.2) is 0 Å². The largest absolute Gasteiger partial charge is 0.457 e. The van der Waals surface area contributed by atoms with Gasteiger partial charge in [0.25, 0.3) is 5.91 Å². The zero-order valence-electron chi connectivity index (χ0n) is 25.6. The molecule has 1 saturated heterocycles. The van der Waals surface area contributed by atoms with E-state index < -0.39 is 0 Å². The Labute approximate surface area is 263 Å². The van der Waals surface area contributed by atoms with Crippen molar-refractivity contribution in [1.82, 2.24) is 20.3 Å². The van der Waals surface area contributed by atoms with E-state index in [9.17, 15) is 9.59 Å². The number of hydrogen-bond donors (Lipinski definition) is 4. The molecule has 1 aliphatic rings. The number of nitrogens with zero attached hydrogens (tertiary/aromatic N) is 2. The minimum absolute atomic E-state index is 0.178. The highest BCUT2D eigenvalue weighted by atomic mass is 16.5. The van der Waals surface area contributed by atoms with Crippen molar-refractivity contribution in [3.8, 4) is 17.2 Å². The van der Waals surface area contributed by atoms with Crippen LogP contribution in [0, 0.1) is 6.92 Å². The lowest BCUT2D eigenvalue weighted by molar-refractivity contribution is 0.102. The predicted molar refractivity (Wildman–Crippen MR) is 179 cm³/mol. The summed E-state index contributed by atoms with van der Waals surface area (Å²) in [6.45, 7) is 5.20. The van der Waals surface area contributed by atoms with Gasteiger partial charge in [0.2, 0.25) is 0 Å². The number of hydrogen-bond acceptors (Lipinski definition) is 5. The van der Waals surface area contributed by atoms with Crippen molar-refractivity contribution in [3.05, 3.63) is 114 Å². The molecule has 5 aromatic rings. The minimum Gasteiger partial charge on any atom is -0.457 e. The number of para-hydroxylation sites is 1. The summed E-state index contributed by atoms with van der Waals surface area (Å²) >= 11 is 0. The Hall–Kier alpha value is -5.12. The van der Waals surface area contributed by atoms with Gasteiger partial charge in [0.1, 0.15) is 11.5 Å². The smallest absolute Gasteiger partial charge is 0.333 e. The SMILES string of the molecule is CNNC(=O)Nc1ccc(Oc2ccc(NC(=O)c3ccc(-n4cc(CN5CCCCC5)c5ccccc54)cc3)cc2C)cc1. The van der Waals surface area contributed by atoms with Gasteiger partial charge in [-0.25, -0.2) is 10.2 Å². The quantitative estimate of drug-likeness (QED) is 0.134. The van der Waals surface area contributed by atoms with Gasteiger partial charge in [-0.1, -0.05) is 24.6 Å². The first-order chi connectivity index (χ1) is 22.0. The lowest BCUT2D eigenvalue weighted by atomic mass is 10.1. The molecule has 3 amide bonds. The number of hydrazine groups is 1. The molecule has 0 bridgehead atoms. The van der Waals surface area contributed by atoms with Crippen molar-refractivity contribution in [1.29, 1.82) is 0 Å². The van der Waals surface area contributed by atoms with Crippen LogP contribution < -0.4 is 26.2 Å². The molecule has 6 rings (SSSR count). The van der Waals surface area contributed by atoms with Gasteiger partial charge in [0.05, 0.1) is 5.52 Å². The van der Waals surface area contributed by atoms with Crippen LogP contribution in [0.1, 0.15) is 40.7 Å². The molecule has 4 N–H and O–H groups in total. The normalized spacial score (nSPS) is 13.4. The number of fused-ring (bicyclic) bond motifs is 1. The van der Waals surface area contributed by atoms with Gasteiger partial charge < -0.3 is 19.9 Å². The van der Waals surface area contributed by atoms with Crippen LogP contribution in [0.15, 0.2) is 97.2 Å². The topological polar surface area (TPSA) is 99.7 Å². The van der Waals surface area contributed by atoms with E-state index >= 15 is 0 Å². The molecule has 230 valence electrons. The van der Waals surface area contributed by atoms with Crippen molar-refractivity contribution in [2.75, 3.05) is 30.8 Å². The molecule has 4 aromatic carbocycles. The van der Waals surface area contributed by atoms with E-state index in [1.165, 1.54) is 35.7 Å². The molecule has 9 nitrogen and oxygen atoms in total. The maximum Gasteiger partial charge on any atom is 0.333 e. The predicted octanol–water partition coefficient (Wildman–Crippen LogP) is 7.23. The van der Waals surface area contributed by atoms with Crippen LogP contribution in [0.4, 0.5) is 16.2 Å². The third-order valence-electron chi connectivity index (χ3n) is 8.06. The number of aromatic nitrogens is 1. The molecule has 0 atom stereocenters. The molecular weight excluding hydrogens is 564 g/mol. The Morgan fingerprint density at radius 3 is 2.29 bits per heavy atom. The Balaban J connectivity index is 1.10. The van der Waals surface area contributed by atoms with Gasteiger partial charge in [0, 0.05) is 47.8 Å². The van der Waals surface area contributed by atoms with Gasteiger partial charge in [-0.3, -0.25) is 15.1 Å². The van der Waals surface area contributed by atoms with E-state index in [0.29, 0.717) is 28.4 Å². The summed E-state index contributed by atoms with van der Waals surface area (Å²) < 4.78 is 8.26. The first kappa shape index (κ1) is 29.9. The Bertz CT molecular complexity index is 1790. The number of nitrogens with one attached hydrogen (secondary N) is 4. The Kier molecular flexibility index (Phi) is 9.09. The van der Waals surface area contributed by atoms with Crippen molar-refractivity contribution in [3.63, 3.8) is 0 Å². The molecule has 0 unspecified atom stereocenters. The highest BCUT2D eigenvalue weighted by Gasteiger charge is 2.16. The highest BCUT2D eigenvalue weighted by molar-refractivity contribution is 6.04. The molecule has 2 heterocycles. The van der Waals surface area contributed by atoms with Crippen LogP contribution in [0.5, 0.6) is 11.5 Å². The number of ether oxygens (including phenoxy) is 1. The second-order valence-corrected chi connectivity index (χ2v) is 11.3.